The number of thioether (sulfide) groups is 1. The molecule has 1 aromatic heterocycles. The fourth-order valence-corrected chi connectivity index (χ4v) is 3.90. The normalized spacial score (nSPS) is 11.0. The van der Waals surface area contributed by atoms with E-state index < -0.39 is 11.6 Å². The highest BCUT2D eigenvalue weighted by atomic mass is 32.2. The highest BCUT2D eigenvalue weighted by Gasteiger charge is 2.14. The van der Waals surface area contributed by atoms with E-state index in [2.05, 4.69) is 4.98 Å². The number of benzene rings is 3. The van der Waals surface area contributed by atoms with Gasteiger partial charge in [-0.2, -0.15) is 0 Å². The summed E-state index contributed by atoms with van der Waals surface area (Å²) < 4.78 is 33.4. The Hall–Kier alpha value is -3.19. The average Bonchev–Trinajstić information content (AvgIpc) is 2.75. The maximum absolute atomic E-state index is 13.5. The van der Waals surface area contributed by atoms with Crippen LogP contribution in [-0.2, 0) is 5.75 Å². The maximum Gasteiger partial charge on any atom is 0.266 e. The summed E-state index contributed by atoms with van der Waals surface area (Å²) in [7, 11) is 1.57. The number of methoxy groups -OCH3 is 1. The van der Waals surface area contributed by atoms with E-state index in [4.69, 9.17) is 4.74 Å². The van der Waals surface area contributed by atoms with E-state index in [1.807, 2.05) is 6.07 Å². The van der Waals surface area contributed by atoms with Gasteiger partial charge in [0.1, 0.15) is 5.75 Å². The summed E-state index contributed by atoms with van der Waals surface area (Å²) in [4.78, 5) is 17.8. The van der Waals surface area contributed by atoms with Gasteiger partial charge < -0.3 is 4.74 Å². The molecule has 0 fully saturated rings. The van der Waals surface area contributed by atoms with Crippen molar-refractivity contribution < 1.29 is 13.5 Å². The maximum atomic E-state index is 13.5. The van der Waals surface area contributed by atoms with E-state index in [9.17, 15) is 13.6 Å². The third-order valence-corrected chi connectivity index (χ3v) is 5.44. The van der Waals surface area contributed by atoms with Crippen LogP contribution in [0.1, 0.15) is 5.56 Å². The van der Waals surface area contributed by atoms with Crippen LogP contribution in [0, 0.1) is 11.6 Å². The van der Waals surface area contributed by atoms with Gasteiger partial charge in [-0.15, -0.1) is 0 Å². The van der Waals surface area contributed by atoms with E-state index in [1.165, 1.54) is 22.4 Å². The minimum absolute atomic E-state index is 0.200. The van der Waals surface area contributed by atoms with Crippen LogP contribution in [0.4, 0.5) is 8.78 Å². The van der Waals surface area contributed by atoms with Crippen LogP contribution in [0.15, 0.2) is 76.7 Å². The third-order valence-electron chi connectivity index (χ3n) is 4.43. The molecule has 0 radical (unpaired) electrons. The molecule has 0 unspecified atom stereocenters. The van der Waals surface area contributed by atoms with Gasteiger partial charge in [-0.1, -0.05) is 30.0 Å². The Morgan fingerprint density at radius 3 is 2.48 bits per heavy atom. The van der Waals surface area contributed by atoms with Crippen molar-refractivity contribution in [2.75, 3.05) is 7.11 Å². The van der Waals surface area contributed by atoms with Crippen molar-refractivity contribution in [2.24, 2.45) is 0 Å². The number of hydrogen-bond acceptors (Lipinski definition) is 4. The second-order valence-corrected chi connectivity index (χ2v) is 7.23. The lowest BCUT2D eigenvalue weighted by molar-refractivity contribution is 0.414. The third kappa shape index (κ3) is 3.86. The fourth-order valence-electron chi connectivity index (χ4n) is 2.95. The number of halogens is 2. The molecule has 0 aliphatic rings. The molecule has 4 nitrogen and oxygen atoms in total. The van der Waals surface area contributed by atoms with Crippen LogP contribution in [0.5, 0.6) is 5.75 Å². The highest BCUT2D eigenvalue weighted by molar-refractivity contribution is 7.98. The number of hydrogen-bond donors (Lipinski definition) is 0. The molecule has 29 heavy (non-hydrogen) atoms. The van der Waals surface area contributed by atoms with Gasteiger partial charge in [0.25, 0.3) is 5.56 Å². The SMILES string of the molecule is COc1ccc(-n2c(SCc3ccc(F)c(F)c3)nc3ccccc3c2=O)cc1. The quantitative estimate of drug-likeness (QED) is 0.344. The molecule has 7 heteroatoms. The Labute approximate surface area is 169 Å². The van der Waals surface area contributed by atoms with Crippen molar-refractivity contribution in [2.45, 2.75) is 10.9 Å². The van der Waals surface area contributed by atoms with Gasteiger partial charge in [0.05, 0.1) is 23.7 Å². The van der Waals surface area contributed by atoms with Crippen LogP contribution in [-0.4, -0.2) is 16.7 Å². The lowest BCUT2D eigenvalue weighted by Crippen LogP contribution is -2.21. The molecule has 1 heterocycles. The first kappa shape index (κ1) is 19.1. The van der Waals surface area contributed by atoms with Crippen molar-refractivity contribution in [3.8, 4) is 11.4 Å². The van der Waals surface area contributed by atoms with Gasteiger partial charge in [0, 0.05) is 5.75 Å². The molecule has 146 valence electrons. The number of aromatic nitrogens is 2. The first-order valence-corrected chi connectivity index (χ1v) is 9.78. The molecule has 0 amide bonds. The molecule has 3 aromatic carbocycles. The molecule has 0 saturated heterocycles. The van der Waals surface area contributed by atoms with Gasteiger partial charge in [0.15, 0.2) is 16.8 Å². The fraction of sp³-hybridized carbons (Fsp3) is 0.0909. The monoisotopic (exact) mass is 410 g/mol. The standard InChI is InChI=1S/C22H16F2N2O2S/c1-28-16-9-7-15(8-10-16)26-21(27)17-4-2-3-5-20(17)25-22(26)29-13-14-6-11-18(23)19(24)12-14/h2-12H,13H2,1H3. The predicted molar refractivity (Wildman–Crippen MR) is 110 cm³/mol. The molecular weight excluding hydrogens is 394 g/mol. The molecule has 4 aromatic rings. The summed E-state index contributed by atoms with van der Waals surface area (Å²) in [6.45, 7) is 0. The number of fused-ring (bicyclic) bond motifs is 1. The number of rotatable bonds is 5. The molecule has 4 rings (SSSR count). The van der Waals surface area contributed by atoms with Crippen LogP contribution in [0.3, 0.4) is 0 Å². The molecular formula is C22H16F2N2O2S. The molecule has 0 N–H and O–H groups in total. The van der Waals surface area contributed by atoms with Gasteiger partial charge in [0.2, 0.25) is 0 Å². The van der Waals surface area contributed by atoms with Crippen LogP contribution in [0.2, 0.25) is 0 Å². The van der Waals surface area contributed by atoms with Gasteiger partial charge in [-0.05, 0) is 54.1 Å². The van der Waals surface area contributed by atoms with Crippen LogP contribution in [0.25, 0.3) is 16.6 Å². The highest BCUT2D eigenvalue weighted by Crippen LogP contribution is 2.26. The zero-order valence-corrected chi connectivity index (χ0v) is 16.2. The van der Waals surface area contributed by atoms with E-state index in [0.29, 0.717) is 38.8 Å². The number of para-hydroxylation sites is 1. The second kappa shape index (κ2) is 8.05. The average molecular weight is 410 g/mol. The first-order chi connectivity index (χ1) is 14.1. The van der Waals surface area contributed by atoms with Crippen molar-refractivity contribution in [1.82, 2.24) is 9.55 Å². The summed E-state index contributed by atoms with van der Waals surface area (Å²) in [5, 5.41) is 0.962. The Morgan fingerprint density at radius 2 is 1.76 bits per heavy atom. The zero-order valence-electron chi connectivity index (χ0n) is 15.4. The van der Waals surface area contributed by atoms with Crippen molar-refractivity contribution in [1.29, 1.82) is 0 Å². The topological polar surface area (TPSA) is 44.1 Å². The molecule has 0 aliphatic heterocycles. The Balaban J connectivity index is 1.80. The molecule has 0 bridgehead atoms. The Bertz CT molecular complexity index is 1240. The molecule has 0 aliphatic carbocycles. The minimum atomic E-state index is -0.901. The zero-order chi connectivity index (χ0) is 20.4. The van der Waals surface area contributed by atoms with E-state index in [-0.39, 0.29) is 5.56 Å². The minimum Gasteiger partial charge on any atom is -0.497 e. The van der Waals surface area contributed by atoms with Gasteiger partial charge in [-0.25, -0.2) is 13.8 Å². The Morgan fingerprint density at radius 1 is 1.00 bits per heavy atom. The van der Waals surface area contributed by atoms with Crippen molar-refractivity contribution in [3.05, 3.63) is 94.3 Å². The van der Waals surface area contributed by atoms with Crippen molar-refractivity contribution >= 4 is 22.7 Å². The van der Waals surface area contributed by atoms with Gasteiger partial charge in [-0.3, -0.25) is 9.36 Å². The molecule has 0 spiro atoms. The lowest BCUT2D eigenvalue weighted by atomic mass is 10.2. The van der Waals surface area contributed by atoms with E-state index in [0.717, 1.165) is 12.1 Å². The molecule has 0 atom stereocenters. The van der Waals surface area contributed by atoms with Gasteiger partial charge >= 0.3 is 0 Å². The van der Waals surface area contributed by atoms with Crippen molar-refractivity contribution in [3.63, 3.8) is 0 Å². The second-order valence-electron chi connectivity index (χ2n) is 6.29. The lowest BCUT2D eigenvalue weighted by Gasteiger charge is -2.14. The number of ether oxygens (including phenoxy) is 1. The molecule has 0 saturated carbocycles. The smallest absolute Gasteiger partial charge is 0.266 e. The van der Waals surface area contributed by atoms with Crippen LogP contribution < -0.4 is 10.3 Å². The van der Waals surface area contributed by atoms with Crippen LogP contribution >= 0.6 is 11.8 Å². The summed E-state index contributed by atoms with van der Waals surface area (Å²) in [6.07, 6.45) is 0. The number of nitrogens with zero attached hydrogens (tertiary/aromatic N) is 2. The van der Waals surface area contributed by atoms with E-state index in [1.54, 1.807) is 49.6 Å². The Kier molecular flexibility index (Phi) is 5.31. The largest absolute Gasteiger partial charge is 0.497 e. The van der Waals surface area contributed by atoms with E-state index >= 15 is 0 Å². The predicted octanol–water partition coefficient (Wildman–Crippen LogP) is 4.96. The summed E-state index contributed by atoms with van der Waals surface area (Å²) in [6, 6.07) is 18.0. The first-order valence-electron chi connectivity index (χ1n) is 8.80. The summed E-state index contributed by atoms with van der Waals surface area (Å²) >= 11 is 1.28. The summed E-state index contributed by atoms with van der Waals surface area (Å²) in [5.41, 5.74) is 1.61. The summed E-state index contributed by atoms with van der Waals surface area (Å²) in [5.74, 6) is -0.788.